The van der Waals surface area contributed by atoms with Crippen LogP contribution in [0.2, 0.25) is 5.28 Å². The topological polar surface area (TPSA) is 34.0 Å². The summed E-state index contributed by atoms with van der Waals surface area (Å²) in [6, 6.07) is 6.62. The Labute approximate surface area is 146 Å². The van der Waals surface area contributed by atoms with Gasteiger partial charge in [0.25, 0.3) is 0 Å². The van der Waals surface area contributed by atoms with E-state index in [9.17, 15) is 0 Å². The number of halogens is 1. The van der Waals surface area contributed by atoms with Gasteiger partial charge in [-0.25, -0.2) is 9.97 Å². The third kappa shape index (κ3) is 2.13. The Morgan fingerprint density at radius 3 is 2.79 bits per heavy atom. The van der Waals surface area contributed by atoms with Crippen LogP contribution in [0.25, 0.3) is 22.2 Å². The molecule has 2 aliphatic heterocycles. The Balaban J connectivity index is 1.76. The minimum atomic E-state index is 0.319. The summed E-state index contributed by atoms with van der Waals surface area (Å²) in [7, 11) is 0. The fourth-order valence-electron chi connectivity index (χ4n) is 4.19. The summed E-state index contributed by atoms with van der Waals surface area (Å²) >= 11 is 6.16. The normalized spacial score (nSPS) is 17.0. The third-order valence-electron chi connectivity index (χ3n) is 5.27. The number of benzene rings is 1. The average Bonchev–Trinajstić information content (AvgIpc) is 3.25. The van der Waals surface area contributed by atoms with Crippen LogP contribution in [0.1, 0.15) is 24.8 Å². The summed E-state index contributed by atoms with van der Waals surface area (Å²) in [5.74, 6) is 0. The molecule has 0 unspecified atom stereocenters. The fourth-order valence-corrected chi connectivity index (χ4v) is 4.32. The largest absolute Gasteiger partial charge is 0.369 e. The molecule has 2 aromatic heterocycles. The highest BCUT2D eigenvalue weighted by Crippen LogP contribution is 2.39. The molecular weight excluding hydrogens is 320 g/mol. The Hall–Kier alpha value is -2.07. The molecule has 0 saturated carbocycles. The minimum absolute atomic E-state index is 0.319. The monoisotopic (exact) mass is 338 g/mol. The molecule has 24 heavy (non-hydrogen) atoms. The molecule has 0 atom stereocenters. The molecule has 2 aliphatic rings. The molecule has 1 fully saturated rings. The molecule has 5 rings (SSSR count). The lowest BCUT2D eigenvalue weighted by atomic mass is 10.0. The van der Waals surface area contributed by atoms with Crippen LogP contribution < -0.4 is 4.90 Å². The highest BCUT2D eigenvalue weighted by Gasteiger charge is 2.23. The molecule has 1 saturated heterocycles. The van der Waals surface area contributed by atoms with Crippen LogP contribution in [-0.4, -0.2) is 27.6 Å². The first-order valence-corrected chi connectivity index (χ1v) is 9.07. The molecule has 0 amide bonds. The molecule has 4 nitrogen and oxygen atoms in total. The van der Waals surface area contributed by atoms with E-state index in [4.69, 9.17) is 11.6 Å². The predicted molar refractivity (Wildman–Crippen MR) is 97.7 cm³/mol. The van der Waals surface area contributed by atoms with Crippen molar-refractivity contribution in [3.63, 3.8) is 0 Å². The van der Waals surface area contributed by atoms with Crippen LogP contribution in [0.4, 0.5) is 5.69 Å². The SMILES string of the molecule is Clc1ncc(N2CCCC2)c(-c2cn3c4c(cccc24)CCC3)n1. The van der Waals surface area contributed by atoms with E-state index in [1.54, 1.807) is 0 Å². The van der Waals surface area contributed by atoms with E-state index >= 15 is 0 Å². The fraction of sp³-hybridized carbons (Fsp3) is 0.368. The van der Waals surface area contributed by atoms with Crippen molar-refractivity contribution in [3.05, 3.63) is 41.4 Å². The van der Waals surface area contributed by atoms with E-state index in [1.807, 2.05) is 6.20 Å². The van der Waals surface area contributed by atoms with Crippen molar-refractivity contribution in [1.29, 1.82) is 0 Å². The molecule has 122 valence electrons. The maximum absolute atomic E-state index is 6.16. The van der Waals surface area contributed by atoms with E-state index < -0.39 is 0 Å². The quantitative estimate of drug-likeness (QED) is 0.653. The van der Waals surface area contributed by atoms with Crippen LogP contribution in [0.5, 0.6) is 0 Å². The molecule has 0 radical (unpaired) electrons. The van der Waals surface area contributed by atoms with Crippen molar-refractivity contribution in [3.8, 4) is 11.3 Å². The zero-order valence-electron chi connectivity index (χ0n) is 13.5. The van der Waals surface area contributed by atoms with Crippen LogP contribution >= 0.6 is 11.6 Å². The summed E-state index contributed by atoms with van der Waals surface area (Å²) in [6.07, 6.45) is 8.96. The Bertz CT molecular complexity index is 925. The van der Waals surface area contributed by atoms with Crippen molar-refractivity contribution in [1.82, 2.24) is 14.5 Å². The minimum Gasteiger partial charge on any atom is -0.369 e. The van der Waals surface area contributed by atoms with Crippen LogP contribution in [0.3, 0.4) is 0 Å². The molecule has 0 spiro atoms. The van der Waals surface area contributed by atoms with Gasteiger partial charge in [-0.15, -0.1) is 0 Å². The van der Waals surface area contributed by atoms with Crippen molar-refractivity contribution in [2.75, 3.05) is 18.0 Å². The molecule has 5 heteroatoms. The number of aromatic nitrogens is 3. The summed E-state index contributed by atoms with van der Waals surface area (Å²) < 4.78 is 2.38. The van der Waals surface area contributed by atoms with E-state index in [1.165, 1.54) is 41.3 Å². The highest BCUT2D eigenvalue weighted by atomic mass is 35.5. The van der Waals surface area contributed by atoms with Gasteiger partial charge in [0.05, 0.1) is 17.4 Å². The van der Waals surface area contributed by atoms with Gasteiger partial charge in [0, 0.05) is 36.8 Å². The first kappa shape index (κ1) is 14.3. The molecule has 4 heterocycles. The molecule has 3 aromatic rings. The van der Waals surface area contributed by atoms with E-state index in [-0.39, 0.29) is 0 Å². The second kappa shape index (κ2) is 5.49. The Morgan fingerprint density at radius 2 is 1.92 bits per heavy atom. The zero-order valence-corrected chi connectivity index (χ0v) is 14.3. The van der Waals surface area contributed by atoms with Gasteiger partial charge in [0.15, 0.2) is 0 Å². The van der Waals surface area contributed by atoms with E-state index in [0.29, 0.717) is 5.28 Å². The van der Waals surface area contributed by atoms with Crippen LogP contribution in [0.15, 0.2) is 30.6 Å². The van der Waals surface area contributed by atoms with Crippen molar-refractivity contribution >= 4 is 28.2 Å². The number of para-hydroxylation sites is 1. The number of hydrogen-bond acceptors (Lipinski definition) is 3. The lowest BCUT2D eigenvalue weighted by Gasteiger charge is -2.20. The summed E-state index contributed by atoms with van der Waals surface area (Å²) in [5.41, 5.74) is 6.06. The first-order chi connectivity index (χ1) is 11.8. The Morgan fingerprint density at radius 1 is 1.04 bits per heavy atom. The molecule has 1 aromatic carbocycles. The van der Waals surface area contributed by atoms with Crippen molar-refractivity contribution in [2.45, 2.75) is 32.2 Å². The van der Waals surface area contributed by atoms with Gasteiger partial charge < -0.3 is 9.47 Å². The maximum Gasteiger partial charge on any atom is 0.223 e. The molecule has 0 N–H and O–H groups in total. The summed E-state index contributed by atoms with van der Waals surface area (Å²) in [6.45, 7) is 3.22. The smallest absolute Gasteiger partial charge is 0.223 e. The molecular formula is C19H19ClN4. The van der Waals surface area contributed by atoms with Gasteiger partial charge in [0.2, 0.25) is 5.28 Å². The van der Waals surface area contributed by atoms with Gasteiger partial charge >= 0.3 is 0 Å². The maximum atomic E-state index is 6.16. The third-order valence-corrected chi connectivity index (χ3v) is 5.45. The van der Waals surface area contributed by atoms with Crippen molar-refractivity contribution < 1.29 is 0 Å². The first-order valence-electron chi connectivity index (χ1n) is 8.70. The second-order valence-electron chi connectivity index (χ2n) is 6.72. The van der Waals surface area contributed by atoms with E-state index in [2.05, 4.69) is 43.8 Å². The van der Waals surface area contributed by atoms with E-state index in [0.717, 1.165) is 37.4 Å². The molecule has 0 bridgehead atoms. The number of nitrogens with zero attached hydrogens (tertiary/aromatic N) is 4. The van der Waals surface area contributed by atoms with Crippen LogP contribution in [0, 0.1) is 0 Å². The number of hydrogen-bond donors (Lipinski definition) is 0. The van der Waals surface area contributed by atoms with Gasteiger partial charge in [-0.3, -0.25) is 0 Å². The summed E-state index contributed by atoms with van der Waals surface area (Å²) in [4.78, 5) is 11.3. The Kier molecular flexibility index (Phi) is 3.27. The summed E-state index contributed by atoms with van der Waals surface area (Å²) in [5, 5.41) is 1.60. The van der Waals surface area contributed by atoms with Crippen LogP contribution in [-0.2, 0) is 13.0 Å². The van der Waals surface area contributed by atoms with Crippen molar-refractivity contribution in [2.24, 2.45) is 0 Å². The predicted octanol–water partition coefficient (Wildman–Crippen LogP) is 4.30. The van der Waals surface area contributed by atoms with Gasteiger partial charge in [0.1, 0.15) is 5.69 Å². The number of aryl methyl sites for hydroxylation is 2. The molecule has 0 aliphatic carbocycles. The van der Waals surface area contributed by atoms with Gasteiger partial charge in [-0.05, 0) is 42.8 Å². The standard InChI is InChI=1S/C19H19ClN4/c20-19-21-11-16(23-8-1-2-9-23)17(22-19)15-12-24-10-4-6-13-5-3-7-14(15)18(13)24/h3,5,7,11-12H,1-2,4,6,8-10H2. The second-order valence-corrected chi connectivity index (χ2v) is 7.06. The average molecular weight is 339 g/mol. The zero-order chi connectivity index (χ0) is 16.1. The number of anilines is 1. The number of rotatable bonds is 2. The van der Waals surface area contributed by atoms with Gasteiger partial charge in [-0.1, -0.05) is 18.2 Å². The highest BCUT2D eigenvalue weighted by molar-refractivity contribution is 6.28. The lowest BCUT2D eigenvalue weighted by Crippen LogP contribution is -2.19. The van der Waals surface area contributed by atoms with Gasteiger partial charge in [-0.2, -0.15) is 0 Å². The lowest BCUT2D eigenvalue weighted by molar-refractivity contribution is 0.636.